The summed E-state index contributed by atoms with van der Waals surface area (Å²) in [5, 5.41) is 0. The van der Waals surface area contributed by atoms with Crippen LogP contribution in [0.5, 0.6) is 0 Å². The van der Waals surface area contributed by atoms with Gasteiger partial charge in [-0.2, -0.15) is 0 Å². The Morgan fingerprint density at radius 2 is 1.07 bits per heavy atom. The molecule has 0 aliphatic carbocycles. The summed E-state index contributed by atoms with van der Waals surface area (Å²) in [5.41, 5.74) is 2.63. The molecule has 0 spiro atoms. The Hall–Kier alpha value is -3.47. The lowest BCUT2D eigenvalue weighted by Crippen LogP contribution is -2.22. The Kier molecular flexibility index (Phi) is 7.33. The van der Waals surface area contributed by atoms with Gasteiger partial charge in [-0.15, -0.1) is 0 Å². The Balaban J connectivity index is 2.07. The molecule has 3 aromatic rings. The first-order valence-corrected chi connectivity index (χ1v) is 10.1. The van der Waals surface area contributed by atoms with Crippen LogP contribution in [0.25, 0.3) is 0 Å². The number of benzene rings is 2. The van der Waals surface area contributed by atoms with Gasteiger partial charge in [0, 0.05) is 0 Å². The predicted molar refractivity (Wildman–Crippen MR) is 114 cm³/mol. The van der Waals surface area contributed by atoms with Gasteiger partial charge in [0.1, 0.15) is 11.8 Å². The molecule has 0 radical (unpaired) electrons. The number of hydrogen-bond donors (Lipinski definition) is 0. The molecule has 3 rings (SSSR count). The third-order valence-corrected chi connectivity index (χ3v) is 4.69. The monoisotopic (exact) mass is 403 g/mol. The highest BCUT2D eigenvalue weighted by atomic mass is 16.5. The van der Waals surface area contributed by atoms with E-state index in [9.17, 15) is 9.59 Å². The third-order valence-electron chi connectivity index (χ3n) is 4.69. The third kappa shape index (κ3) is 4.92. The smallest absolute Gasteiger partial charge is 0.319 e. The van der Waals surface area contributed by atoms with E-state index >= 15 is 0 Å². The second-order valence-corrected chi connectivity index (χ2v) is 6.68. The van der Waals surface area contributed by atoms with Crippen molar-refractivity contribution in [2.75, 3.05) is 13.2 Å². The van der Waals surface area contributed by atoms with Crippen LogP contribution in [-0.2, 0) is 19.1 Å². The zero-order chi connectivity index (χ0) is 21.3. The molecule has 1 aromatic heterocycles. The molecule has 0 saturated carbocycles. The fourth-order valence-electron chi connectivity index (χ4n) is 3.39. The molecule has 2 atom stereocenters. The predicted octanol–water partition coefficient (Wildman–Crippen LogP) is 4.47. The molecular formula is C25H25NO4. The van der Waals surface area contributed by atoms with Crippen LogP contribution < -0.4 is 0 Å². The molecular weight excluding hydrogens is 378 g/mol. The van der Waals surface area contributed by atoms with Crippen LogP contribution in [0, 0.1) is 0 Å². The van der Waals surface area contributed by atoms with Crippen molar-refractivity contribution in [1.82, 2.24) is 4.98 Å². The normalized spacial score (nSPS) is 12.6. The average molecular weight is 403 g/mol. The first-order chi connectivity index (χ1) is 14.7. The summed E-state index contributed by atoms with van der Waals surface area (Å²) in [7, 11) is 0. The minimum atomic E-state index is -0.676. The van der Waals surface area contributed by atoms with Crippen molar-refractivity contribution in [1.29, 1.82) is 0 Å². The summed E-state index contributed by atoms with van der Waals surface area (Å²) >= 11 is 0. The van der Waals surface area contributed by atoms with Gasteiger partial charge in [0.15, 0.2) is 0 Å². The van der Waals surface area contributed by atoms with Crippen molar-refractivity contribution in [3.8, 4) is 0 Å². The van der Waals surface area contributed by atoms with E-state index in [1.54, 1.807) is 26.0 Å². The molecule has 0 bridgehead atoms. The van der Waals surface area contributed by atoms with Crippen molar-refractivity contribution in [3.05, 3.63) is 101 Å². The molecule has 5 heteroatoms. The zero-order valence-electron chi connectivity index (χ0n) is 17.2. The molecule has 5 nitrogen and oxygen atoms in total. The Bertz CT molecular complexity index is 896. The van der Waals surface area contributed by atoms with E-state index in [0.29, 0.717) is 11.4 Å². The quantitative estimate of drug-likeness (QED) is 0.519. The van der Waals surface area contributed by atoms with Crippen LogP contribution in [0.15, 0.2) is 78.9 Å². The van der Waals surface area contributed by atoms with Crippen molar-refractivity contribution >= 4 is 11.9 Å². The lowest BCUT2D eigenvalue weighted by molar-refractivity contribution is -0.144. The zero-order valence-corrected chi connectivity index (χ0v) is 17.2. The van der Waals surface area contributed by atoms with Crippen molar-refractivity contribution in [3.63, 3.8) is 0 Å². The number of pyridine rings is 1. The summed E-state index contributed by atoms with van der Waals surface area (Å²) < 4.78 is 10.6. The number of ether oxygens (including phenoxy) is 2. The number of nitrogens with zero attached hydrogens (tertiary/aromatic N) is 1. The second kappa shape index (κ2) is 10.3. The van der Waals surface area contributed by atoms with E-state index in [1.807, 2.05) is 66.7 Å². The fourth-order valence-corrected chi connectivity index (χ4v) is 3.39. The van der Waals surface area contributed by atoms with Crippen molar-refractivity contribution in [2.24, 2.45) is 0 Å². The summed E-state index contributed by atoms with van der Waals surface area (Å²) in [4.78, 5) is 30.3. The summed E-state index contributed by atoms with van der Waals surface area (Å²) in [6, 6.07) is 24.1. The van der Waals surface area contributed by atoms with E-state index in [4.69, 9.17) is 14.5 Å². The summed E-state index contributed by atoms with van der Waals surface area (Å²) in [5.74, 6) is -2.10. The van der Waals surface area contributed by atoms with Gasteiger partial charge < -0.3 is 9.47 Å². The van der Waals surface area contributed by atoms with E-state index in [0.717, 1.165) is 11.1 Å². The SMILES string of the molecule is CCOC(=O)[C@H](c1ccccc1)c1cccc([C@@H](C(=O)OCC)c2ccccc2)n1. The average Bonchev–Trinajstić information content (AvgIpc) is 2.76. The fraction of sp³-hybridized carbons (Fsp3) is 0.240. The maximum absolute atomic E-state index is 12.8. The van der Waals surface area contributed by atoms with Crippen molar-refractivity contribution < 1.29 is 19.1 Å². The van der Waals surface area contributed by atoms with E-state index in [-0.39, 0.29) is 25.2 Å². The number of aromatic nitrogens is 1. The van der Waals surface area contributed by atoms with Crippen molar-refractivity contribution in [2.45, 2.75) is 25.7 Å². The molecule has 0 N–H and O–H groups in total. The van der Waals surface area contributed by atoms with Gasteiger partial charge in [0.25, 0.3) is 0 Å². The van der Waals surface area contributed by atoms with Crippen LogP contribution in [0.2, 0.25) is 0 Å². The van der Waals surface area contributed by atoms with E-state index in [2.05, 4.69) is 0 Å². The standard InChI is InChI=1S/C25H25NO4/c1-3-29-24(27)22(18-12-7-5-8-13-18)20-16-11-17-21(26-20)23(25(28)30-4-2)19-14-9-6-10-15-19/h5-17,22-23H,3-4H2,1-2H3/t22-,23+. The first kappa shape index (κ1) is 21.2. The largest absolute Gasteiger partial charge is 0.465 e. The molecule has 0 unspecified atom stereocenters. The molecule has 0 saturated heterocycles. The van der Waals surface area contributed by atoms with Crippen LogP contribution >= 0.6 is 0 Å². The van der Waals surface area contributed by atoms with Gasteiger partial charge in [0.2, 0.25) is 0 Å². The van der Waals surface area contributed by atoms with Crippen LogP contribution in [0.3, 0.4) is 0 Å². The molecule has 154 valence electrons. The molecule has 1 heterocycles. The van der Waals surface area contributed by atoms with Gasteiger partial charge in [-0.3, -0.25) is 14.6 Å². The lowest BCUT2D eigenvalue weighted by atomic mass is 9.92. The van der Waals surface area contributed by atoms with Crippen LogP contribution in [0.4, 0.5) is 0 Å². The second-order valence-electron chi connectivity index (χ2n) is 6.68. The Labute approximate surface area is 176 Å². The van der Waals surface area contributed by atoms with Crippen LogP contribution in [-0.4, -0.2) is 30.1 Å². The summed E-state index contributed by atoms with van der Waals surface area (Å²) in [6.07, 6.45) is 0. The van der Waals surface area contributed by atoms with Gasteiger partial charge >= 0.3 is 11.9 Å². The number of rotatable bonds is 8. The number of carbonyl (C=O) groups is 2. The number of carbonyl (C=O) groups excluding carboxylic acids is 2. The first-order valence-electron chi connectivity index (χ1n) is 10.1. The molecule has 0 amide bonds. The highest BCUT2D eigenvalue weighted by molar-refractivity contribution is 5.83. The topological polar surface area (TPSA) is 65.5 Å². The Morgan fingerprint density at radius 3 is 1.43 bits per heavy atom. The Morgan fingerprint density at radius 1 is 0.667 bits per heavy atom. The minimum absolute atomic E-state index is 0.275. The number of hydrogen-bond acceptors (Lipinski definition) is 5. The van der Waals surface area contributed by atoms with Crippen LogP contribution in [0.1, 0.15) is 48.2 Å². The van der Waals surface area contributed by atoms with E-state index in [1.165, 1.54) is 0 Å². The molecule has 30 heavy (non-hydrogen) atoms. The van der Waals surface area contributed by atoms with Gasteiger partial charge in [0.05, 0.1) is 24.6 Å². The molecule has 2 aromatic carbocycles. The molecule has 0 fully saturated rings. The highest BCUT2D eigenvalue weighted by Gasteiger charge is 2.29. The minimum Gasteiger partial charge on any atom is -0.465 e. The van der Waals surface area contributed by atoms with Gasteiger partial charge in [-0.05, 0) is 37.1 Å². The van der Waals surface area contributed by atoms with E-state index < -0.39 is 11.8 Å². The maximum Gasteiger partial charge on any atom is 0.319 e. The molecule has 0 aliphatic rings. The van der Waals surface area contributed by atoms with Gasteiger partial charge in [-0.25, -0.2) is 0 Å². The summed E-state index contributed by atoms with van der Waals surface area (Å²) in [6.45, 7) is 4.10. The van der Waals surface area contributed by atoms with Gasteiger partial charge in [-0.1, -0.05) is 66.7 Å². The maximum atomic E-state index is 12.8. The highest BCUT2D eigenvalue weighted by Crippen LogP contribution is 2.29. The number of esters is 2. The lowest BCUT2D eigenvalue weighted by Gasteiger charge is -2.19. The molecule has 0 aliphatic heterocycles.